The van der Waals surface area contributed by atoms with Gasteiger partial charge in [-0.2, -0.15) is 0 Å². The van der Waals surface area contributed by atoms with Gasteiger partial charge in [0, 0.05) is 18.2 Å². The predicted molar refractivity (Wildman–Crippen MR) is 87.5 cm³/mol. The van der Waals surface area contributed by atoms with Gasteiger partial charge in [0.05, 0.1) is 7.11 Å². The molecule has 3 rings (SSSR count). The maximum Gasteiger partial charge on any atom is 0.321 e. The monoisotopic (exact) mass is 329 g/mol. The summed E-state index contributed by atoms with van der Waals surface area (Å²) < 4.78 is 16.0. The van der Waals surface area contributed by atoms with Crippen molar-refractivity contribution in [3.8, 4) is 17.2 Å². The standard InChI is InChI=1S/C18H19NO5/c1-22-15-9-17-16(23-11-24-17)8-13(15)10-19-14(18(20)21)7-12-5-3-2-4-6-12/h2-6,8-9,14,19H,7,10-11H2,1H3,(H,20,21)/t14-/m1/s1. The zero-order valence-electron chi connectivity index (χ0n) is 13.3. The van der Waals surface area contributed by atoms with Gasteiger partial charge in [0.15, 0.2) is 11.5 Å². The summed E-state index contributed by atoms with van der Waals surface area (Å²) in [6.45, 7) is 0.532. The minimum absolute atomic E-state index is 0.182. The van der Waals surface area contributed by atoms with Crippen LogP contribution in [0.4, 0.5) is 0 Å². The Balaban J connectivity index is 1.72. The molecular weight excluding hydrogens is 310 g/mol. The van der Waals surface area contributed by atoms with E-state index < -0.39 is 12.0 Å². The molecule has 1 aliphatic rings. The SMILES string of the molecule is COc1cc2c(cc1CN[C@H](Cc1ccccc1)C(=O)O)OCO2. The van der Waals surface area contributed by atoms with Gasteiger partial charge in [0.2, 0.25) is 6.79 Å². The Hall–Kier alpha value is -2.73. The molecule has 1 aliphatic heterocycles. The molecule has 0 radical (unpaired) electrons. The molecule has 0 bridgehead atoms. The van der Waals surface area contributed by atoms with Crippen LogP contribution in [0.2, 0.25) is 0 Å². The Morgan fingerprint density at radius 1 is 1.25 bits per heavy atom. The van der Waals surface area contributed by atoms with E-state index in [1.165, 1.54) is 0 Å². The van der Waals surface area contributed by atoms with E-state index >= 15 is 0 Å². The summed E-state index contributed by atoms with van der Waals surface area (Å²) in [7, 11) is 1.57. The second kappa shape index (κ2) is 7.23. The van der Waals surface area contributed by atoms with E-state index in [4.69, 9.17) is 14.2 Å². The van der Waals surface area contributed by atoms with Crippen LogP contribution >= 0.6 is 0 Å². The van der Waals surface area contributed by atoms with Gasteiger partial charge in [-0.3, -0.25) is 10.1 Å². The predicted octanol–water partition coefficient (Wildman–Crippen LogP) is 2.21. The highest BCUT2D eigenvalue weighted by Gasteiger charge is 2.21. The summed E-state index contributed by atoms with van der Waals surface area (Å²) in [5.74, 6) is 1.02. The van der Waals surface area contributed by atoms with Gasteiger partial charge in [0.1, 0.15) is 11.8 Å². The third kappa shape index (κ3) is 3.60. The fourth-order valence-corrected chi connectivity index (χ4v) is 2.62. The van der Waals surface area contributed by atoms with Crippen LogP contribution in [0.5, 0.6) is 17.2 Å². The van der Waals surface area contributed by atoms with E-state index in [1.54, 1.807) is 13.2 Å². The number of carbonyl (C=O) groups is 1. The van der Waals surface area contributed by atoms with Crippen LogP contribution in [0.15, 0.2) is 42.5 Å². The van der Waals surface area contributed by atoms with Crippen LogP contribution in [-0.2, 0) is 17.8 Å². The van der Waals surface area contributed by atoms with Crippen LogP contribution in [-0.4, -0.2) is 31.0 Å². The highest BCUT2D eigenvalue weighted by molar-refractivity contribution is 5.74. The fourth-order valence-electron chi connectivity index (χ4n) is 2.62. The smallest absolute Gasteiger partial charge is 0.321 e. The number of nitrogens with one attached hydrogen (secondary N) is 1. The minimum atomic E-state index is -0.890. The van der Waals surface area contributed by atoms with Crippen LogP contribution < -0.4 is 19.5 Å². The van der Waals surface area contributed by atoms with Crippen molar-refractivity contribution in [2.45, 2.75) is 19.0 Å². The van der Waals surface area contributed by atoms with Crippen molar-refractivity contribution < 1.29 is 24.1 Å². The van der Waals surface area contributed by atoms with E-state index in [2.05, 4.69) is 5.32 Å². The maximum absolute atomic E-state index is 11.5. The Morgan fingerprint density at radius 2 is 1.96 bits per heavy atom. The molecule has 0 spiro atoms. The molecule has 0 aliphatic carbocycles. The van der Waals surface area contributed by atoms with E-state index in [-0.39, 0.29) is 6.79 Å². The minimum Gasteiger partial charge on any atom is -0.496 e. The third-order valence-corrected chi connectivity index (χ3v) is 3.90. The molecule has 1 heterocycles. The molecule has 1 atom stereocenters. The van der Waals surface area contributed by atoms with Crippen LogP contribution in [0, 0.1) is 0 Å². The molecule has 2 aromatic rings. The van der Waals surface area contributed by atoms with Crippen molar-refractivity contribution in [1.29, 1.82) is 0 Å². The average molecular weight is 329 g/mol. The topological polar surface area (TPSA) is 77.0 Å². The molecule has 24 heavy (non-hydrogen) atoms. The molecule has 0 fully saturated rings. The van der Waals surface area contributed by atoms with Crippen LogP contribution in [0.1, 0.15) is 11.1 Å². The molecule has 0 saturated heterocycles. The number of hydrogen-bond donors (Lipinski definition) is 2. The Kier molecular flexibility index (Phi) is 4.86. The molecule has 0 amide bonds. The highest BCUT2D eigenvalue weighted by Crippen LogP contribution is 2.38. The number of rotatable bonds is 7. The van der Waals surface area contributed by atoms with Gasteiger partial charge in [-0.1, -0.05) is 30.3 Å². The molecule has 0 unspecified atom stereocenters. The van der Waals surface area contributed by atoms with Gasteiger partial charge < -0.3 is 19.3 Å². The summed E-state index contributed by atoms with van der Waals surface area (Å²) >= 11 is 0. The normalized spacial score (nSPS) is 13.5. The largest absolute Gasteiger partial charge is 0.496 e. The molecular formula is C18H19NO5. The van der Waals surface area contributed by atoms with Gasteiger partial charge in [-0.25, -0.2) is 0 Å². The van der Waals surface area contributed by atoms with E-state index in [0.717, 1.165) is 11.1 Å². The number of aliphatic carboxylic acids is 1. The number of carboxylic acids is 1. The number of fused-ring (bicyclic) bond motifs is 1. The zero-order valence-corrected chi connectivity index (χ0v) is 13.3. The second-order valence-corrected chi connectivity index (χ2v) is 5.48. The highest BCUT2D eigenvalue weighted by atomic mass is 16.7. The van der Waals surface area contributed by atoms with E-state index in [9.17, 15) is 9.90 Å². The number of benzene rings is 2. The number of methoxy groups -OCH3 is 1. The van der Waals surface area contributed by atoms with Gasteiger partial charge in [0.25, 0.3) is 0 Å². The number of carboxylic acid groups (broad SMARTS) is 1. The molecule has 2 aromatic carbocycles. The Labute approximate surface area is 140 Å². The molecule has 0 saturated carbocycles. The van der Waals surface area contributed by atoms with Crippen molar-refractivity contribution in [3.05, 3.63) is 53.6 Å². The maximum atomic E-state index is 11.5. The summed E-state index contributed by atoms with van der Waals surface area (Å²) in [5.41, 5.74) is 1.79. The Bertz CT molecular complexity index is 717. The van der Waals surface area contributed by atoms with Gasteiger partial charge >= 0.3 is 5.97 Å². The average Bonchev–Trinajstić information content (AvgIpc) is 3.05. The first kappa shape index (κ1) is 16.1. The summed E-state index contributed by atoms with van der Waals surface area (Å²) in [6, 6.07) is 12.4. The van der Waals surface area contributed by atoms with Crippen molar-refractivity contribution in [2.75, 3.05) is 13.9 Å². The lowest BCUT2D eigenvalue weighted by Gasteiger charge is -2.16. The quantitative estimate of drug-likeness (QED) is 0.811. The van der Waals surface area contributed by atoms with E-state index in [0.29, 0.717) is 30.2 Å². The first-order valence-corrected chi connectivity index (χ1v) is 7.64. The zero-order chi connectivity index (χ0) is 16.9. The lowest BCUT2D eigenvalue weighted by Crippen LogP contribution is -2.38. The van der Waals surface area contributed by atoms with Gasteiger partial charge in [-0.05, 0) is 18.1 Å². The molecule has 126 valence electrons. The lowest BCUT2D eigenvalue weighted by molar-refractivity contribution is -0.139. The molecule has 0 aromatic heterocycles. The van der Waals surface area contributed by atoms with Crippen molar-refractivity contribution in [3.63, 3.8) is 0 Å². The van der Waals surface area contributed by atoms with Crippen molar-refractivity contribution >= 4 is 5.97 Å². The van der Waals surface area contributed by atoms with Crippen LogP contribution in [0.3, 0.4) is 0 Å². The van der Waals surface area contributed by atoms with Gasteiger partial charge in [-0.15, -0.1) is 0 Å². The Morgan fingerprint density at radius 3 is 2.62 bits per heavy atom. The fraction of sp³-hybridized carbons (Fsp3) is 0.278. The molecule has 6 heteroatoms. The lowest BCUT2D eigenvalue weighted by atomic mass is 10.1. The van der Waals surface area contributed by atoms with Crippen molar-refractivity contribution in [1.82, 2.24) is 5.32 Å². The first-order chi connectivity index (χ1) is 11.7. The summed E-state index contributed by atoms with van der Waals surface area (Å²) in [5, 5.41) is 12.5. The van der Waals surface area contributed by atoms with Crippen LogP contribution in [0.25, 0.3) is 0 Å². The van der Waals surface area contributed by atoms with Crippen molar-refractivity contribution in [2.24, 2.45) is 0 Å². The third-order valence-electron chi connectivity index (χ3n) is 3.90. The van der Waals surface area contributed by atoms with E-state index in [1.807, 2.05) is 36.4 Å². The first-order valence-electron chi connectivity index (χ1n) is 7.64. The summed E-state index contributed by atoms with van der Waals surface area (Å²) in [4.78, 5) is 11.5. The summed E-state index contributed by atoms with van der Waals surface area (Å²) in [6.07, 6.45) is 0.406. The number of ether oxygens (including phenoxy) is 3. The molecule has 6 nitrogen and oxygen atoms in total. The number of hydrogen-bond acceptors (Lipinski definition) is 5. The molecule has 2 N–H and O–H groups in total. The second-order valence-electron chi connectivity index (χ2n) is 5.48.